The number of hydrogen-bond donors (Lipinski definition) is 2. The first-order valence-electron chi connectivity index (χ1n) is 6.57. The van der Waals surface area contributed by atoms with Gasteiger partial charge in [0.05, 0.1) is 12.3 Å². The normalized spacial score (nSPS) is 12.0. The topological polar surface area (TPSA) is 79.1 Å². The zero-order valence-electron chi connectivity index (χ0n) is 12.2. The van der Waals surface area contributed by atoms with Crippen LogP contribution in [0.25, 0.3) is 0 Å². The summed E-state index contributed by atoms with van der Waals surface area (Å²) in [6.45, 7) is 4.74. The molecule has 2 aromatic heterocycles. The summed E-state index contributed by atoms with van der Waals surface area (Å²) in [6.07, 6.45) is 1.65. The molecule has 0 bridgehead atoms. The minimum absolute atomic E-state index is 0.0168. The Hall–Kier alpha value is -2.31. The summed E-state index contributed by atoms with van der Waals surface area (Å²) in [5, 5.41) is 6.31. The highest BCUT2D eigenvalue weighted by atomic mass is 16.3. The third kappa shape index (κ3) is 3.37. The van der Waals surface area contributed by atoms with Crippen molar-refractivity contribution in [2.45, 2.75) is 19.9 Å². The fourth-order valence-corrected chi connectivity index (χ4v) is 1.67. The Morgan fingerprint density at radius 3 is 2.60 bits per heavy atom. The van der Waals surface area contributed by atoms with E-state index in [9.17, 15) is 0 Å². The molecular formula is C13H20N6O. The second-order valence-corrected chi connectivity index (χ2v) is 4.59. The van der Waals surface area contributed by atoms with Crippen LogP contribution in [0.5, 0.6) is 0 Å². The minimum atomic E-state index is -0.0168. The summed E-state index contributed by atoms with van der Waals surface area (Å²) in [7, 11) is 3.79. The van der Waals surface area contributed by atoms with E-state index in [2.05, 4.69) is 25.6 Å². The van der Waals surface area contributed by atoms with Crippen LogP contribution in [0.1, 0.15) is 25.6 Å². The minimum Gasteiger partial charge on any atom is -0.467 e. The average molecular weight is 276 g/mol. The number of anilines is 3. The van der Waals surface area contributed by atoms with Crippen LogP contribution in [0.3, 0.4) is 0 Å². The van der Waals surface area contributed by atoms with Gasteiger partial charge in [0.15, 0.2) is 0 Å². The first-order chi connectivity index (χ1) is 9.60. The van der Waals surface area contributed by atoms with Gasteiger partial charge in [-0.15, -0.1) is 0 Å². The molecular weight excluding hydrogens is 256 g/mol. The Labute approximate surface area is 118 Å². The van der Waals surface area contributed by atoms with Crippen molar-refractivity contribution < 1.29 is 4.42 Å². The molecule has 2 N–H and O–H groups in total. The van der Waals surface area contributed by atoms with Crippen molar-refractivity contribution in [3.63, 3.8) is 0 Å². The predicted molar refractivity (Wildman–Crippen MR) is 79.1 cm³/mol. The van der Waals surface area contributed by atoms with Gasteiger partial charge in [0.2, 0.25) is 17.8 Å². The van der Waals surface area contributed by atoms with Crippen molar-refractivity contribution >= 4 is 17.8 Å². The van der Waals surface area contributed by atoms with Crippen LogP contribution in [-0.4, -0.2) is 35.6 Å². The summed E-state index contributed by atoms with van der Waals surface area (Å²) in [4.78, 5) is 14.9. The van der Waals surface area contributed by atoms with Gasteiger partial charge < -0.3 is 20.0 Å². The van der Waals surface area contributed by atoms with Crippen molar-refractivity contribution in [2.75, 3.05) is 36.2 Å². The monoisotopic (exact) mass is 276 g/mol. The van der Waals surface area contributed by atoms with Crippen molar-refractivity contribution in [1.82, 2.24) is 15.0 Å². The predicted octanol–water partition coefficient (Wildman–Crippen LogP) is 2.14. The third-order valence-electron chi connectivity index (χ3n) is 2.67. The van der Waals surface area contributed by atoms with Crippen LogP contribution in [-0.2, 0) is 0 Å². The van der Waals surface area contributed by atoms with E-state index < -0.39 is 0 Å². The number of nitrogens with zero attached hydrogens (tertiary/aromatic N) is 4. The number of furan rings is 1. The van der Waals surface area contributed by atoms with Crippen LogP contribution >= 0.6 is 0 Å². The lowest BCUT2D eigenvalue weighted by Crippen LogP contribution is -2.18. The molecule has 0 saturated heterocycles. The molecule has 0 amide bonds. The molecule has 0 aromatic carbocycles. The van der Waals surface area contributed by atoms with Gasteiger partial charge in [-0.2, -0.15) is 15.0 Å². The quantitative estimate of drug-likeness (QED) is 0.836. The first-order valence-corrected chi connectivity index (χ1v) is 6.57. The van der Waals surface area contributed by atoms with Crippen LogP contribution in [0, 0.1) is 0 Å². The van der Waals surface area contributed by atoms with Crippen LogP contribution in [0.2, 0.25) is 0 Å². The van der Waals surface area contributed by atoms with Gasteiger partial charge in [0.25, 0.3) is 0 Å². The molecule has 0 saturated carbocycles. The maximum Gasteiger partial charge on any atom is 0.231 e. The van der Waals surface area contributed by atoms with Crippen molar-refractivity contribution in [3.05, 3.63) is 24.2 Å². The van der Waals surface area contributed by atoms with E-state index in [-0.39, 0.29) is 6.04 Å². The van der Waals surface area contributed by atoms with Gasteiger partial charge in [-0.05, 0) is 26.0 Å². The van der Waals surface area contributed by atoms with E-state index in [1.807, 2.05) is 45.0 Å². The SMILES string of the molecule is CCNc1nc(NC(C)c2ccco2)nc(N(C)C)n1. The maximum absolute atomic E-state index is 5.36. The molecule has 108 valence electrons. The Kier molecular flexibility index (Phi) is 4.39. The van der Waals surface area contributed by atoms with Crippen molar-refractivity contribution in [2.24, 2.45) is 0 Å². The molecule has 7 heteroatoms. The molecule has 1 atom stereocenters. The summed E-state index contributed by atoms with van der Waals surface area (Å²) in [6, 6.07) is 3.75. The summed E-state index contributed by atoms with van der Waals surface area (Å²) in [5.41, 5.74) is 0. The van der Waals surface area contributed by atoms with Gasteiger partial charge >= 0.3 is 0 Å². The highest BCUT2D eigenvalue weighted by molar-refractivity contribution is 5.43. The van der Waals surface area contributed by atoms with Crippen LogP contribution in [0.15, 0.2) is 22.8 Å². The molecule has 0 aliphatic heterocycles. The third-order valence-corrected chi connectivity index (χ3v) is 2.67. The van der Waals surface area contributed by atoms with Gasteiger partial charge in [-0.1, -0.05) is 0 Å². The molecule has 2 aromatic rings. The number of aromatic nitrogens is 3. The van der Waals surface area contributed by atoms with Crippen molar-refractivity contribution in [3.8, 4) is 0 Å². The molecule has 0 radical (unpaired) electrons. The van der Waals surface area contributed by atoms with E-state index in [0.717, 1.165) is 12.3 Å². The highest BCUT2D eigenvalue weighted by Gasteiger charge is 2.12. The Morgan fingerprint density at radius 2 is 2.00 bits per heavy atom. The fourth-order valence-electron chi connectivity index (χ4n) is 1.67. The van der Waals surface area contributed by atoms with Crippen molar-refractivity contribution in [1.29, 1.82) is 0 Å². The lowest BCUT2D eigenvalue weighted by molar-refractivity contribution is 0.489. The molecule has 2 heterocycles. The van der Waals surface area contributed by atoms with Gasteiger partial charge in [-0.3, -0.25) is 0 Å². The number of nitrogens with one attached hydrogen (secondary N) is 2. The number of hydrogen-bond acceptors (Lipinski definition) is 7. The lowest BCUT2D eigenvalue weighted by atomic mass is 10.2. The molecule has 0 spiro atoms. The second-order valence-electron chi connectivity index (χ2n) is 4.59. The highest BCUT2D eigenvalue weighted by Crippen LogP contribution is 2.19. The maximum atomic E-state index is 5.36. The second kappa shape index (κ2) is 6.23. The Bertz CT molecular complexity index is 540. The van der Waals surface area contributed by atoms with Gasteiger partial charge in [0, 0.05) is 20.6 Å². The molecule has 1 unspecified atom stereocenters. The summed E-state index contributed by atoms with van der Waals surface area (Å²) >= 11 is 0. The number of rotatable bonds is 6. The van der Waals surface area contributed by atoms with E-state index in [0.29, 0.717) is 17.8 Å². The zero-order valence-corrected chi connectivity index (χ0v) is 12.2. The molecule has 2 rings (SSSR count). The Balaban J connectivity index is 2.21. The molecule has 0 aliphatic rings. The summed E-state index contributed by atoms with van der Waals surface area (Å²) in [5.74, 6) is 2.51. The van der Waals surface area contributed by atoms with Crippen LogP contribution in [0.4, 0.5) is 17.8 Å². The standard InChI is InChI=1S/C13H20N6O/c1-5-14-11-16-12(18-13(17-11)19(3)4)15-9(2)10-7-6-8-20-10/h6-9H,5H2,1-4H3,(H2,14,15,16,17,18). The first kappa shape index (κ1) is 14.1. The van der Waals surface area contributed by atoms with E-state index in [1.165, 1.54) is 0 Å². The van der Waals surface area contributed by atoms with E-state index in [4.69, 9.17) is 4.42 Å². The molecule has 0 aliphatic carbocycles. The molecule has 7 nitrogen and oxygen atoms in total. The van der Waals surface area contributed by atoms with Gasteiger partial charge in [0.1, 0.15) is 5.76 Å². The fraction of sp³-hybridized carbons (Fsp3) is 0.462. The largest absolute Gasteiger partial charge is 0.467 e. The smallest absolute Gasteiger partial charge is 0.231 e. The average Bonchev–Trinajstić information content (AvgIpc) is 2.92. The molecule has 20 heavy (non-hydrogen) atoms. The van der Waals surface area contributed by atoms with Gasteiger partial charge in [-0.25, -0.2) is 0 Å². The van der Waals surface area contributed by atoms with E-state index in [1.54, 1.807) is 6.26 Å². The zero-order chi connectivity index (χ0) is 14.5. The Morgan fingerprint density at radius 1 is 1.25 bits per heavy atom. The van der Waals surface area contributed by atoms with E-state index >= 15 is 0 Å². The molecule has 0 fully saturated rings. The lowest BCUT2D eigenvalue weighted by Gasteiger charge is -2.16. The van der Waals surface area contributed by atoms with Crippen LogP contribution < -0.4 is 15.5 Å². The summed E-state index contributed by atoms with van der Waals surface area (Å²) < 4.78 is 5.36.